The fraction of sp³-hybridized carbons (Fsp3) is 0.0333. The first kappa shape index (κ1) is 27.5. The molecular formula is C30H17Br2FN4O5. The van der Waals surface area contributed by atoms with E-state index in [0.29, 0.717) is 33.4 Å². The first-order valence-electron chi connectivity index (χ1n) is 12.4. The number of rotatable bonds is 7. The normalized spacial score (nSPS) is 11.5. The van der Waals surface area contributed by atoms with Gasteiger partial charge >= 0.3 is 5.69 Å². The Morgan fingerprint density at radius 2 is 1.88 bits per heavy atom. The quantitative estimate of drug-likeness (QED) is 0.0958. The van der Waals surface area contributed by atoms with Gasteiger partial charge in [0.2, 0.25) is 11.6 Å². The van der Waals surface area contributed by atoms with Gasteiger partial charge in [-0.3, -0.25) is 14.9 Å². The van der Waals surface area contributed by atoms with Gasteiger partial charge in [0.25, 0.3) is 5.56 Å². The predicted octanol–water partition coefficient (Wildman–Crippen LogP) is 7.84. The summed E-state index contributed by atoms with van der Waals surface area (Å²) in [6, 6.07) is 22.7. The van der Waals surface area contributed by atoms with E-state index >= 15 is 0 Å². The van der Waals surface area contributed by atoms with Crippen molar-refractivity contribution in [3.63, 3.8) is 0 Å². The van der Waals surface area contributed by atoms with Gasteiger partial charge in [-0.25, -0.2) is 9.37 Å². The Hall–Kier alpha value is -4.68. The lowest BCUT2D eigenvalue weighted by atomic mass is 10.2. The number of nitro groups is 1. The third-order valence-corrected chi connectivity index (χ3v) is 7.37. The maximum atomic E-state index is 13.6. The number of para-hydroxylation sites is 1. The zero-order valence-corrected chi connectivity index (χ0v) is 24.5. The topological polar surface area (TPSA) is 113 Å². The van der Waals surface area contributed by atoms with Crippen molar-refractivity contribution in [2.24, 2.45) is 5.10 Å². The van der Waals surface area contributed by atoms with E-state index in [0.717, 1.165) is 14.5 Å². The molecule has 0 aliphatic carbocycles. The predicted molar refractivity (Wildman–Crippen MR) is 163 cm³/mol. The van der Waals surface area contributed by atoms with Gasteiger partial charge in [0.1, 0.15) is 18.0 Å². The highest BCUT2D eigenvalue weighted by atomic mass is 79.9. The molecule has 0 aliphatic rings. The van der Waals surface area contributed by atoms with Crippen LogP contribution >= 0.6 is 31.9 Å². The van der Waals surface area contributed by atoms with Crippen molar-refractivity contribution in [3.05, 3.63) is 131 Å². The number of furan rings is 1. The van der Waals surface area contributed by atoms with Crippen LogP contribution in [0, 0.1) is 15.9 Å². The third-order valence-electron chi connectivity index (χ3n) is 6.29. The molecule has 0 atom stereocenters. The zero-order valence-electron chi connectivity index (χ0n) is 21.3. The molecule has 2 aromatic heterocycles. The summed E-state index contributed by atoms with van der Waals surface area (Å²) in [6.45, 7) is -0.0831. The summed E-state index contributed by atoms with van der Waals surface area (Å²) in [6.07, 6.45) is 1.31. The van der Waals surface area contributed by atoms with Gasteiger partial charge in [0.15, 0.2) is 5.76 Å². The number of aromatic nitrogens is 2. The average molecular weight is 692 g/mol. The van der Waals surface area contributed by atoms with Crippen LogP contribution in [-0.4, -0.2) is 20.8 Å². The van der Waals surface area contributed by atoms with Crippen LogP contribution in [0.4, 0.5) is 10.1 Å². The number of nitro benzene ring substituents is 1. The third kappa shape index (κ3) is 5.46. The number of benzene rings is 4. The van der Waals surface area contributed by atoms with Crippen molar-refractivity contribution in [1.82, 2.24) is 9.66 Å². The van der Waals surface area contributed by atoms with E-state index in [-0.39, 0.29) is 28.3 Å². The SMILES string of the molecule is O=c1c2ccccc2nc(-c2cc3cc(Br)ccc3o2)n1N=Cc1cc(Br)c(OCc2cccc(F)c2)c([N+](=O)[O-])c1. The van der Waals surface area contributed by atoms with E-state index < -0.39 is 16.3 Å². The molecule has 0 saturated carbocycles. The lowest BCUT2D eigenvalue weighted by Crippen LogP contribution is -2.20. The van der Waals surface area contributed by atoms with Crippen molar-refractivity contribution < 1.29 is 18.5 Å². The van der Waals surface area contributed by atoms with Crippen molar-refractivity contribution in [2.75, 3.05) is 0 Å². The number of nitrogens with zero attached hydrogens (tertiary/aromatic N) is 4. The first-order chi connectivity index (χ1) is 20.3. The van der Waals surface area contributed by atoms with E-state index in [9.17, 15) is 19.3 Å². The molecule has 0 saturated heterocycles. The lowest BCUT2D eigenvalue weighted by molar-refractivity contribution is -0.386. The maximum Gasteiger partial charge on any atom is 0.312 e. The smallest absolute Gasteiger partial charge is 0.312 e. The fourth-order valence-electron chi connectivity index (χ4n) is 4.37. The summed E-state index contributed by atoms with van der Waals surface area (Å²) in [5.74, 6) is 0.00635. The number of fused-ring (bicyclic) bond motifs is 2. The van der Waals surface area contributed by atoms with E-state index in [1.54, 1.807) is 48.5 Å². The minimum atomic E-state index is -0.593. The Labute approximate surface area is 253 Å². The maximum absolute atomic E-state index is 13.6. The molecule has 6 rings (SSSR count). The Balaban J connectivity index is 1.42. The van der Waals surface area contributed by atoms with E-state index in [4.69, 9.17) is 9.15 Å². The number of hydrogen-bond donors (Lipinski definition) is 0. The Morgan fingerprint density at radius 1 is 1.05 bits per heavy atom. The first-order valence-corrected chi connectivity index (χ1v) is 14.0. The standard InChI is InChI=1S/C30H17Br2FN4O5/c31-20-8-9-26-19(13-20)14-27(42-26)29-35-24-7-2-1-6-22(24)30(38)36(29)34-15-18-11-23(32)28(25(12-18)37(39)40)41-16-17-4-3-5-21(33)10-17/h1-15H,16H2. The molecule has 12 heteroatoms. The molecule has 0 radical (unpaired) electrons. The van der Waals surface area contributed by atoms with Crippen LogP contribution in [0.15, 0.2) is 108 Å². The molecule has 0 spiro atoms. The summed E-state index contributed by atoms with van der Waals surface area (Å²) >= 11 is 6.79. The van der Waals surface area contributed by atoms with Crippen LogP contribution in [-0.2, 0) is 6.61 Å². The lowest BCUT2D eigenvalue weighted by Gasteiger charge is -2.10. The highest BCUT2D eigenvalue weighted by Gasteiger charge is 2.21. The summed E-state index contributed by atoms with van der Waals surface area (Å²) < 4.78 is 27.5. The monoisotopic (exact) mass is 690 g/mol. The molecule has 42 heavy (non-hydrogen) atoms. The van der Waals surface area contributed by atoms with Crippen molar-refractivity contribution in [2.45, 2.75) is 6.61 Å². The number of hydrogen-bond acceptors (Lipinski definition) is 7. The summed E-state index contributed by atoms with van der Waals surface area (Å²) in [4.78, 5) is 29.5. The number of ether oxygens (including phenoxy) is 1. The van der Waals surface area contributed by atoms with Gasteiger partial charge in [-0.2, -0.15) is 9.78 Å². The van der Waals surface area contributed by atoms with E-state index in [1.165, 1.54) is 30.5 Å². The van der Waals surface area contributed by atoms with Crippen molar-refractivity contribution in [3.8, 4) is 17.3 Å². The van der Waals surface area contributed by atoms with Crippen LogP contribution in [0.1, 0.15) is 11.1 Å². The zero-order chi connectivity index (χ0) is 29.4. The van der Waals surface area contributed by atoms with E-state index in [1.807, 2.05) is 12.1 Å². The molecular weight excluding hydrogens is 675 g/mol. The molecule has 0 aliphatic heterocycles. The van der Waals surface area contributed by atoms with Gasteiger partial charge in [-0.1, -0.05) is 40.2 Å². The Morgan fingerprint density at radius 3 is 2.69 bits per heavy atom. The average Bonchev–Trinajstić information content (AvgIpc) is 3.39. The van der Waals surface area contributed by atoms with E-state index in [2.05, 4.69) is 41.9 Å². The largest absolute Gasteiger partial charge is 0.481 e. The highest BCUT2D eigenvalue weighted by molar-refractivity contribution is 9.10. The van der Waals surface area contributed by atoms with Crippen LogP contribution in [0.5, 0.6) is 5.75 Å². The minimum Gasteiger partial charge on any atom is -0.481 e. The van der Waals surface area contributed by atoms with Crippen molar-refractivity contribution in [1.29, 1.82) is 0 Å². The fourth-order valence-corrected chi connectivity index (χ4v) is 5.33. The molecule has 4 aromatic carbocycles. The molecule has 6 aromatic rings. The second-order valence-corrected chi connectivity index (χ2v) is 10.9. The second kappa shape index (κ2) is 11.3. The molecule has 0 bridgehead atoms. The summed E-state index contributed by atoms with van der Waals surface area (Å²) in [5, 5.41) is 17.5. The minimum absolute atomic E-state index is 0.0277. The van der Waals surface area contributed by atoms with Crippen LogP contribution in [0.2, 0.25) is 0 Å². The molecule has 208 valence electrons. The van der Waals surface area contributed by atoms with Gasteiger partial charge in [-0.15, -0.1) is 0 Å². The summed E-state index contributed by atoms with van der Waals surface area (Å²) in [7, 11) is 0. The van der Waals surface area contributed by atoms with Gasteiger partial charge < -0.3 is 9.15 Å². The molecule has 0 amide bonds. The second-order valence-electron chi connectivity index (χ2n) is 9.13. The molecule has 0 N–H and O–H groups in total. The molecule has 2 heterocycles. The van der Waals surface area contributed by atoms with Crippen molar-refractivity contribution >= 4 is 65.6 Å². The van der Waals surface area contributed by atoms with Crippen LogP contribution < -0.4 is 10.3 Å². The summed E-state index contributed by atoms with van der Waals surface area (Å²) in [5.41, 5.74) is 1.09. The number of halogens is 3. The molecule has 9 nitrogen and oxygen atoms in total. The molecule has 0 fully saturated rings. The van der Waals surface area contributed by atoms with Crippen LogP contribution in [0.3, 0.4) is 0 Å². The van der Waals surface area contributed by atoms with Gasteiger partial charge in [0.05, 0.1) is 26.5 Å². The Kier molecular flexibility index (Phi) is 7.40. The highest BCUT2D eigenvalue weighted by Crippen LogP contribution is 2.37. The van der Waals surface area contributed by atoms with Crippen LogP contribution in [0.25, 0.3) is 33.5 Å². The van der Waals surface area contributed by atoms with Gasteiger partial charge in [-0.05, 0) is 76.1 Å². The molecule has 0 unspecified atom stereocenters. The Bertz CT molecular complexity index is 2110. The van der Waals surface area contributed by atoms with Gasteiger partial charge in [0, 0.05) is 21.5 Å².